The van der Waals surface area contributed by atoms with Gasteiger partial charge in [-0.05, 0) is 37.1 Å². The fourth-order valence-corrected chi connectivity index (χ4v) is 2.77. The second-order valence-electron chi connectivity index (χ2n) is 6.60. The summed E-state index contributed by atoms with van der Waals surface area (Å²) in [6.45, 7) is 6.91. The fraction of sp³-hybridized carbons (Fsp3) is 0.500. The number of unbranched alkanes of at least 4 members (excludes halogenated alkanes) is 6. The first-order chi connectivity index (χ1) is 12.4. The lowest BCUT2D eigenvalue weighted by Gasteiger charge is -2.02. The molecule has 2 rings (SSSR count). The molecule has 0 spiro atoms. The summed E-state index contributed by atoms with van der Waals surface area (Å²) in [4.78, 5) is 0. The average molecular weight is 340 g/mol. The van der Waals surface area contributed by atoms with Gasteiger partial charge in [0.05, 0.1) is 0 Å². The van der Waals surface area contributed by atoms with Crippen LogP contribution < -0.4 is 5.32 Å². The van der Waals surface area contributed by atoms with Gasteiger partial charge in [0.25, 0.3) is 0 Å². The molecular weight excluding hydrogens is 302 g/mol. The molecule has 0 aliphatic rings. The number of nitrogens with one attached hydrogen (secondary N) is 1. The lowest BCUT2D eigenvalue weighted by atomic mass is 10.1. The minimum atomic E-state index is 1.19. The molecule has 0 unspecified atom stereocenters. The topological polar surface area (TPSA) is 12.0 Å². The van der Waals surface area contributed by atoms with Crippen molar-refractivity contribution < 1.29 is 0 Å². The Kier molecular flexibility index (Phi) is 13.6. The molecule has 0 fully saturated rings. The highest BCUT2D eigenvalue weighted by Gasteiger charge is 1.92. The molecule has 1 heteroatoms. The molecule has 138 valence electrons. The van der Waals surface area contributed by atoms with Crippen LogP contribution in [0.4, 0.5) is 0 Å². The van der Waals surface area contributed by atoms with Gasteiger partial charge in [-0.1, -0.05) is 113 Å². The van der Waals surface area contributed by atoms with Gasteiger partial charge >= 0.3 is 0 Å². The van der Waals surface area contributed by atoms with E-state index in [9.17, 15) is 0 Å². The van der Waals surface area contributed by atoms with Gasteiger partial charge < -0.3 is 5.32 Å². The molecule has 0 aromatic heterocycles. The summed E-state index contributed by atoms with van der Waals surface area (Å²) in [7, 11) is 0. The van der Waals surface area contributed by atoms with Crippen molar-refractivity contribution in [2.75, 3.05) is 13.1 Å². The minimum absolute atomic E-state index is 1.19. The van der Waals surface area contributed by atoms with Crippen LogP contribution in [0.2, 0.25) is 0 Å². The van der Waals surface area contributed by atoms with E-state index in [-0.39, 0.29) is 0 Å². The number of rotatable bonds is 11. The molecule has 0 aliphatic heterocycles. The van der Waals surface area contributed by atoms with E-state index in [4.69, 9.17) is 0 Å². The molecule has 0 saturated heterocycles. The third-order valence-electron chi connectivity index (χ3n) is 4.26. The molecule has 2 aromatic rings. The van der Waals surface area contributed by atoms with E-state index in [1.165, 1.54) is 75.6 Å². The minimum Gasteiger partial charge on any atom is -0.317 e. The van der Waals surface area contributed by atoms with Crippen molar-refractivity contribution in [3.63, 3.8) is 0 Å². The largest absolute Gasteiger partial charge is 0.317 e. The average Bonchev–Trinajstić information content (AvgIpc) is 2.69. The van der Waals surface area contributed by atoms with Crippen LogP contribution in [-0.4, -0.2) is 13.1 Å². The summed E-state index contributed by atoms with van der Waals surface area (Å²) in [6.07, 6.45) is 11.2. The Labute approximate surface area is 155 Å². The normalized spacial score (nSPS) is 10.2. The van der Waals surface area contributed by atoms with Gasteiger partial charge in [0, 0.05) is 0 Å². The maximum atomic E-state index is 3.44. The summed E-state index contributed by atoms with van der Waals surface area (Å²) in [6, 6.07) is 20.8. The summed E-state index contributed by atoms with van der Waals surface area (Å²) in [5.41, 5.74) is 2.55. The quantitative estimate of drug-likeness (QED) is 0.431. The number of benzene rings is 2. The van der Waals surface area contributed by atoms with E-state index >= 15 is 0 Å². The molecule has 0 bridgehead atoms. The molecule has 1 nitrogen and oxygen atoms in total. The molecule has 0 atom stereocenters. The predicted octanol–water partition coefficient (Wildman–Crippen LogP) is 7.09. The van der Waals surface area contributed by atoms with Crippen LogP contribution in [0.5, 0.6) is 0 Å². The van der Waals surface area contributed by atoms with Crippen LogP contribution in [-0.2, 0) is 0 Å². The molecule has 0 amide bonds. The predicted molar refractivity (Wildman–Crippen MR) is 113 cm³/mol. The van der Waals surface area contributed by atoms with E-state index < -0.39 is 0 Å². The molecule has 0 saturated carbocycles. The second kappa shape index (κ2) is 15.9. The van der Waals surface area contributed by atoms with Gasteiger partial charge in [0.2, 0.25) is 0 Å². The Bertz CT molecular complexity index is 445. The highest BCUT2D eigenvalue weighted by atomic mass is 14.8. The zero-order valence-electron chi connectivity index (χ0n) is 16.3. The van der Waals surface area contributed by atoms with Crippen molar-refractivity contribution in [1.82, 2.24) is 5.32 Å². The summed E-state index contributed by atoms with van der Waals surface area (Å²) in [5.74, 6) is 0. The van der Waals surface area contributed by atoms with Gasteiger partial charge in [-0.2, -0.15) is 0 Å². The van der Waals surface area contributed by atoms with E-state index in [0.29, 0.717) is 0 Å². The van der Waals surface area contributed by atoms with Crippen LogP contribution in [0.1, 0.15) is 65.2 Å². The Hall–Kier alpha value is -1.60. The standard InChI is InChI=1S/C12H27N.C12H10/c1-3-5-6-7-8-9-10-12-13-11-4-2;1-3-7-11(8-4-1)12-9-5-2-6-10-12/h13H,3-12H2,1-2H3;1-10H. The van der Waals surface area contributed by atoms with Crippen molar-refractivity contribution in [1.29, 1.82) is 0 Å². The van der Waals surface area contributed by atoms with E-state index in [1.54, 1.807) is 0 Å². The lowest BCUT2D eigenvalue weighted by molar-refractivity contribution is 0.561. The fourth-order valence-electron chi connectivity index (χ4n) is 2.77. The van der Waals surface area contributed by atoms with E-state index in [1.807, 2.05) is 12.1 Å². The van der Waals surface area contributed by atoms with Gasteiger partial charge in [-0.3, -0.25) is 0 Å². The van der Waals surface area contributed by atoms with Crippen LogP contribution in [0, 0.1) is 0 Å². The zero-order chi connectivity index (χ0) is 18.0. The van der Waals surface area contributed by atoms with Crippen LogP contribution in [0.3, 0.4) is 0 Å². The van der Waals surface area contributed by atoms with Crippen molar-refractivity contribution in [3.8, 4) is 11.1 Å². The Morgan fingerprint density at radius 1 is 0.520 bits per heavy atom. The van der Waals surface area contributed by atoms with Crippen LogP contribution in [0.25, 0.3) is 11.1 Å². The molecule has 0 radical (unpaired) electrons. The summed E-state index contributed by atoms with van der Waals surface area (Å²) < 4.78 is 0. The highest BCUT2D eigenvalue weighted by molar-refractivity contribution is 5.62. The first-order valence-electron chi connectivity index (χ1n) is 10.2. The maximum absolute atomic E-state index is 3.44. The molecule has 0 aliphatic carbocycles. The molecule has 1 N–H and O–H groups in total. The third-order valence-corrected chi connectivity index (χ3v) is 4.26. The molecule has 25 heavy (non-hydrogen) atoms. The smallest absolute Gasteiger partial charge is 0.00489 e. The molecule has 0 heterocycles. The lowest BCUT2D eigenvalue weighted by Crippen LogP contribution is -2.15. The van der Waals surface area contributed by atoms with Gasteiger partial charge in [-0.25, -0.2) is 0 Å². The van der Waals surface area contributed by atoms with Crippen LogP contribution in [0.15, 0.2) is 60.7 Å². The number of hydrogen-bond donors (Lipinski definition) is 1. The summed E-state index contributed by atoms with van der Waals surface area (Å²) >= 11 is 0. The van der Waals surface area contributed by atoms with Crippen molar-refractivity contribution >= 4 is 0 Å². The van der Waals surface area contributed by atoms with Gasteiger partial charge in [0.1, 0.15) is 0 Å². The van der Waals surface area contributed by atoms with Crippen LogP contribution >= 0.6 is 0 Å². The van der Waals surface area contributed by atoms with Crippen molar-refractivity contribution in [2.24, 2.45) is 0 Å². The van der Waals surface area contributed by atoms with Gasteiger partial charge in [0.15, 0.2) is 0 Å². The highest BCUT2D eigenvalue weighted by Crippen LogP contribution is 2.17. The third kappa shape index (κ3) is 11.6. The molecular formula is C24H37N. The SMILES string of the molecule is CCCCCCCCCNCCC.c1ccc(-c2ccccc2)cc1. The zero-order valence-corrected chi connectivity index (χ0v) is 16.3. The van der Waals surface area contributed by atoms with Gasteiger partial charge in [-0.15, -0.1) is 0 Å². The van der Waals surface area contributed by atoms with E-state index in [2.05, 4.69) is 67.7 Å². The Morgan fingerprint density at radius 2 is 1.00 bits per heavy atom. The molecule has 2 aromatic carbocycles. The van der Waals surface area contributed by atoms with Crippen molar-refractivity contribution in [3.05, 3.63) is 60.7 Å². The summed E-state index contributed by atoms with van der Waals surface area (Å²) in [5, 5.41) is 3.44. The van der Waals surface area contributed by atoms with Crippen molar-refractivity contribution in [2.45, 2.75) is 65.2 Å². The number of hydrogen-bond acceptors (Lipinski definition) is 1. The second-order valence-corrected chi connectivity index (χ2v) is 6.60. The Balaban J connectivity index is 0.000000250. The monoisotopic (exact) mass is 339 g/mol. The Morgan fingerprint density at radius 3 is 1.48 bits per heavy atom. The van der Waals surface area contributed by atoms with E-state index in [0.717, 1.165) is 0 Å². The first-order valence-corrected chi connectivity index (χ1v) is 10.2. The maximum Gasteiger partial charge on any atom is -0.00489 e. The first kappa shape index (κ1) is 21.4.